The van der Waals surface area contributed by atoms with E-state index in [-0.39, 0.29) is 4.48 Å². The first kappa shape index (κ1) is 15.8. The molecule has 0 fully saturated rings. The van der Waals surface area contributed by atoms with E-state index >= 15 is 0 Å². The van der Waals surface area contributed by atoms with Gasteiger partial charge in [0.1, 0.15) is 12.1 Å². The van der Waals surface area contributed by atoms with E-state index in [1.54, 1.807) is 13.0 Å². The van der Waals surface area contributed by atoms with Crippen molar-refractivity contribution in [2.24, 2.45) is 5.41 Å². The SMILES string of the molecule is CC1(C(=O)O)C=CC2=C(C1)C[N+](C(=O)O)(C(C)(C)C)CC2. The summed E-state index contributed by atoms with van der Waals surface area (Å²) in [6, 6.07) is 0. The fraction of sp³-hybridized carbons (Fsp3) is 0.625. The summed E-state index contributed by atoms with van der Waals surface area (Å²) in [5.74, 6) is -0.861. The van der Waals surface area contributed by atoms with Gasteiger partial charge in [-0.25, -0.2) is 4.48 Å². The number of allylic oxidation sites excluding steroid dienone is 1. The Labute approximate surface area is 125 Å². The van der Waals surface area contributed by atoms with E-state index in [0.717, 1.165) is 11.1 Å². The summed E-state index contributed by atoms with van der Waals surface area (Å²) >= 11 is 0. The number of hydrogen-bond donors (Lipinski definition) is 2. The molecule has 1 aliphatic heterocycles. The molecule has 2 N–H and O–H groups in total. The Morgan fingerprint density at radius 3 is 2.38 bits per heavy atom. The fourth-order valence-corrected chi connectivity index (χ4v) is 3.32. The molecule has 21 heavy (non-hydrogen) atoms. The number of rotatable bonds is 1. The summed E-state index contributed by atoms with van der Waals surface area (Å²) in [5, 5.41) is 19.2. The van der Waals surface area contributed by atoms with Crippen molar-refractivity contribution in [2.75, 3.05) is 13.1 Å². The third-order valence-corrected chi connectivity index (χ3v) is 5.05. The molecule has 116 valence electrons. The molecule has 1 heterocycles. The molecule has 0 saturated heterocycles. The average molecular weight is 294 g/mol. The summed E-state index contributed by atoms with van der Waals surface area (Å²) in [4.78, 5) is 23.4. The van der Waals surface area contributed by atoms with Gasteiger partial charge in [-0.3, -0.25) is 4.79 Å². The van der Waals surface area contributed by atoms with Gasteiger partial charge in [-0.1, -0.05) is 12.2 Å². The van der Waals surface area contributed by atoms with Gasteiger partial charge in [0.15, 0.2) is 0 Å². The highest BCUT2D eigenvalue weighted by atomic mass is 16.4. The molecule has 2 unspecified atom stereocenters. The molecule has 5 heteroatoms. The Morgan fingerprint density at radius 1 is 1.29 bits per heavy atom. The van der Waals surface area contributed by atoms with Crippen molar-refractivity contribution < 1.29 is 24.3 Å². The summed E-state index contributed by atoms with van der Waals surface area (Å²) in [6.07, 6.45) is 3.88. The van der Waals surface area contributed by atoms with Crippen molar-refractivity contribution in [3.05, 3.63) is 23.3 Å². The van der Waals surface area contributed by atoms with Gasteiger partial charge in [0.05, 0.1) is 12.0 Å². The standard InChI is InChI=1S/C16H23NO4/c1-15(2,3)17(14(20)21)8-6-11-5-7-16(4,13(18)19)9-12(11)10-17/h5,7H,6,8-10H2,1-4H3,(H-,18,19,20,21)/p+1. The van der Waals surface area contributed by atoms with Gasteiger partial charge < -0.3 is 10.2 Å². The van der Waals surface area contributed by atoms with Crippen LogP contribution in [-0.2, 0) is 4.79 Å². The number of nitrogens with zero attached hydrogens (tertiary/aromatic N) is 1. The largest absolute Gasteiger partial charge is 0.514 e. The van der Waals surface area contributed by atoms with E-state index in [9.17, 15) is 19.8 Å². The third-order valence-electron chi connectivity index (χ3n) is 5.05. The quantitative estimate of drug-likeness (QED) is 0.729. The van der Waals surface area contributed by atoms with E-state index in [2.05, 4.69) is 0 Å². The van der Waals surface area contributed by atoms with Crippen LogP contribution >= 0.6 is 0 Å². The van der Waals surface area contributed by atoms with Gasteiger partial charge in [-0.15, -0.1) is 0 Å². The van der Waals surface area contributed by atoms with Crippen LogP contribution in [0.5, 0.6) is 0 Å². The van der Waals surface area contributed by atoms with E-state index in [1.807, 2.05) is 26.8 Å². The second-order valence-corrected chi connectivity index (χ2v) is 7.41. The smallest absolute Gasteiger partial charge is 0.481 e. The second kappa shape index (κ2) is 4.70. The monoisotopic (exact) mass is 294 g/mol. The minimum atomic E-state index is -0.928. The topological polar surface area (TPSA) is 74.6 Å². The van der Waals surface area contributed by atoms with E-state index < -0.39 is 23.0 Å². The van der Waals surface area contributed by atoms with Crippen molar-refractivity contribution in [1.29, 1.82) is 0 Å². The van der Waals surface area contributed by atoms with E-state index in [1.165, 1.54) is 0 Å². The zero-order valence-corrected chi connectivity index (χ0v) is 13.1. The first-order valence-electron chi connectivity index (χ1n) is 7.26. The second-order valence-electron chi connectivity index (χ2n) is 7.41. The highest BCUT2D eigenvalue weighted by Crippen LogP contribution is 2.42. The lowest BCUT2D eigenvalue weighted by Crippen LogP contribution is -2.65. The summed E-state index contributed by atoms with van der Waals surface area (Å²) in [7, 11) is 0. The lowest BCUT2D eigenvalue weighted by atomic mass is 9.75. The fourth-order valence-electron chi connectivity index (χ4n) is 3.32. The number of carboxylic acids is 1. The predicted molar refractivity (Wildman–Crippen MR) is 78.9 cm³/mol. The van der Waals surface area contributed by atoms with Crippen LogP contribution in [0.1, 0.15) is 40.5 Å². The molecule has 0 aromatic rings. The molecule has 2 rings (SSSR count). The third kappa shape index (κ3) is 2.39. The van der Waals surface area contributed by atoms with Crippen LogP contribution in [0.2, 0.25) is 0 Å². The zero-order valence-electron chi connectivity index (χ0n) is 13.1. The molecule has 2 atom stereocenters. The van der Waals surface area contributed by atoms with E-state index in [4.69, 9.17) is 0 Å². The van der Waals surface area contributed by atoms with Gasteiger partial charge in [-0.2, -0.15) is 4.79 Å². The minimum Gasteiger partial charge on any atom is -0.481 e. The van der Waals surface area contributed by atoms with Gasteiger partial charge >= 0.3 is 12.1 Å². The summed E-state index contributed by atoms with van der Waals surface area (Å²) in [5.41, 5.74) is 0.742. The van der Waals surface area contributed by atoms with Gasteiger partial charge in [0.25, 0.3) is 0 Å². The maximum absolute atomic E-state index is 11.9. The summed E-state index contributed by atoms with van der Waals surface area (Å²) < 4.78 is -0.0324. The minimum absolute atomic E-state index is 0.0324. The Morgan fingerprint density at radius 2 is 1.90 bits per heavy atom. The molecule has 0 aromatic carbocycles. The number of quaternary nitrogens is 1. The van der Waals surface area contributed by atoms with Crippen LogP contribution in [0.4, 0.5) is 4.79 Å². The lowest BCUT2D eigenvalue weighted by molar-refractivity contribution is -0.900. The normalized spacial score (nSPS) is 32.8. The van der Waals surface area contributed by atoms with E-state index in [0.29, 0.717) is 25.9 Å². The molecule has 0 aromatic heterocycles. The molecular formula is C16H24NO4+. The molecule has 1 aliphatic carbocycles. The molecule has 0 bridgehead atoms. The molecular weight excluding hydrogens is 270 g/mol. The Hall–Kier alpha value is -1.62. The van der Waals surface area contributed by atoms with Crippen LogP contribution in [0.3, 0.4) is 0 Å². The van der Waals surface area contributed by atoms with Crippen molar-refractivity contribution in [3.63, 3.8) is 0 Å². The van der Waals surface area contributed by atoms with Crippen molar-refractivity contribution in [1.82, 2.24) is 0 Å². The number of hydrogen-bond acceptors (Lipinski definition) is 2. The molecule has 0 saturated carbocycles. The summed E-state index contributed by atoms with van der Waals surface area (Å²) in [6.45, 7) is 8.43. The van der Waals surface area contributed by atoms with Crippen LogP contribution < -0.4 is 0 Å². The molecule has 1 amide bonds. The first-order chi connectivity index (χ1) is 9.52. The van der Waals surface area contributed by atoms with Crippen molar-refractivity contribution in [2.45, 2.75) is 46.1 Å². The Kier molecular flexibility index (Phi) is 3.53. The van der Waals surface area contributed by atoms with Gasteiger partial charge in [0, 0.05) is 6.42 Å². The van der Waals surface area contributed by atoms with Gasteiger partial charge in [0.2, 0.25) is 0 Å². The van der Waals surface area contributed by atoms with Crippen LogP contribution in [-0.4, -0.2) is 45.4 Å². The Balaban J connectivity index is 2.40. The van der Waals surface area contributed by atoms with Crippen LogP contribution in [0.25, 0.3) is 0 Å². The number of amides is 1. The maximum atomic E-state index is 11.9. The molecule has 2 aliphatic rings. The number of carbonyl (C=O) groups is 2. The molecule has 5 nitrogen and oxygen atoms in total. The average Bonchev–Trinajstić information content (AvgIpc) is 2.35. The van der Waals surface area contributed by atoms with Crippen molar-refractivity contribution in [3.8, 4) is 0 Å². The van der Waals surface area contributed by atoms with Gasteiger partial charge in [-0.05, 0) is 45.3 Å². The zero-order chi connectivity index (χ0) is 16.1. The predicted octanol–water partition coefficient (Wildman–Crippen LogP) is 3.03. The number of carboxylic acid groups (broad SMARTS) is 2. The van der Waals surface area contributed by atoms with Crippen molar-refractivity contribution >= 4 is 12.1 Å². The number of aliphatic carboxylic acids is 1. The van der Waals surface area contributed by atoms with Crippen LogP contribution in [0, 0.1) is 5.41 Å². The maximum Gasteiger partial charge on any atom is 0.514 e. The molecule has 0 spiro atoms. The highest BCUT2D eigenvalue weighted by molar-refractivity contribution is 5.78. The first-order valence-corrected chi connectivity index (χ1v) is 7.26. The van der Waals surface area contributed by atoms with Crippen LogP contribution in [0.15, 0.2) is 23.3 Å². The highest BCUT2D eigenvalue weighted by Gasteiger charge is 2.51. The Bertz CT molecular complexity index is 555. The molecule has 0 radical (unpaired) electrons. The lowest BCUT2D eigenvalue weighted by Gasteiger charge is -2.47.